The Bertz CT molecular complexity index is 422. The van der Waals surface area contributed by atoms with E-state index >= 15 is 0 Å². The van der Waals surface area contributed by atoms with Crippen molar-refractivity contribution in [3.63, 3.8) is 0 Å². The van der Waals surface area contributed by atoms with E-state index < -0.39 is 0 Å². The normalized spacial score (nSPS) is 24.8. The van der Waals surface area contributed by atoms with Crippen molar-refractivity contribution in [3.8, 4) is 0 Å². The lowest BCUT2D eigenvalue weighted by molar-refractivity contribution is 0.0672. The van der Waals surface area contributed by atoms with Gasteiger partial charge in [0.15, 0.2) is 0 Å². The van der Waals surface area contributed by atoms with Crippen LogP contribution in [0.2, 0.25) is 0 Å². The summed E-state index contributed by atoms with van der Waals surface area (Å²) in [6, 6.07) is 7.80. The van der Waals surface area contributed by atoms with Gasteiger partial charge < -0.3 is 10.6 Å². The molecule has 1 aliphatic rings. The summed E-state index contributed by atoms with van der Waals surface area (Å²) in [7, 11) is 0. The molecule has 2 N–H and O–H groups in total. The quantitative estimate of drug-likeness (QED) is 0.793. The first-order valence-corrected chi connectivity index (χ1v) is 6.96. The Labute approximate surface area is 116 Å². The maximum Gasteiger partial charge on any atom is 0.253 e. The van der Waals surface area contributed by atoms with Gasteiger partial charge in [0, 0.05) is 28.3 Å². The summed E-state index contributed by atoms with van der Waals surface area (Å²) in [6.07, 6.45) is 0.997. The van der Waals surface area contributed by atoms with Crippen LogP contribution < -0.4 is 5.73 Å². The van der Waals surface area contributed by atoms with Gasteiger partial charge in [0.05, 0.1) is 0 Å². The third-order valence-electron chi connectivity index (χ3n) is 3.38. The highest BCUT2D eigenvalue weighted by Crippen LogP contribution is 2.18. The first-order chi connectivity index (χ1) is 8.08. The number of hydrogen-bond donors (Lipinski definition) is 1. The van der Waals surface area contributed by atoms with Crippen LogP contribution in [0.5, 0.6) is 0 Å². The summed E-state index contributed by atoms with van der Waals surface area (Å²) in [6.45, 7) is 3.64. The molecule has 1 aromatic carbocycles. The van der Waals surface area contributed by atoms with Gasteiger partial charge in [0.25, 0.3) is 5.91 Å². The maximum atomic E-state index is 12.3. The van der Waals surface area contributed by atoms with Gasteiger partial charge in [-0.1, -0.05) is 13.0 Å². The number of carbonyl (C=O) groups excluding carboxylic acids is 1. The van der Waals surface area contributed by atoms with Gasteiger partial charge >= 0.3 is 0 Å². The van der Waals surface area contributed by atoms with Crippen LogP contribution in [0, 0.1) is 9.49 Å². The number of nitrogens with zero attached hydrogens (tertiary/aromatic N) is 1. The molecule has 2 rings (SSSR count). The van der Waals surface area contributed by atoms with E-state index in [1.165, 1.54) is 0 Å². The van der Waals surface area contributed by atoms with Crippen LogP contribution >= 0.6 is 22.6 Å². The zero-order valence-corrected chi connectivity index (χ0v) is 12.1. The van der Waals surface area contributed by atoms with Crippen molar-refractivity contribution in [2.75, 3.05) is 13.1 Å². The fraction of sp³-hybridized carbons (Fsp3) is 0.462. The van der Waals surface area contributed by atoms with Gasteiger partial charge in [0.2, 0.25) is 0 Å². The molecule has 0 bridgehead atoms. The van der Waals surface area contributed by atoms with Gasteiger partial charge in [-0.15, -0.1) is 0 Å². The molecule has 17 heavy (non-hydrogen) atoms. The summed E-state index contributed by atoms with van der Waals surface area (Å²) in [5.41, 5.74) is 6.78. The SMILES string of the molecule is CC1CCN(C(=O)c2cccc(I)c2)CC1N. The summed E-state index contributed by atoms with van der Waals surface area (Å²) in [5, 5.41) is 0. The fourth-order valence-electron chi connectivity index (χ4n) is 2.09. The van der Waals surface area contributed by atoms with Crippen LogP contribution in [0.15, 0.2) is 24.3 Å². The van der Waals surface area contributed by atoms with E-state index in [0.29, 0.717) is 12.5 Å². The highest BCUT2D eigenvalue weighted by atomic mass is 127. The second-order valence-corrected chi connectivity index (χ2v) is 5.94. The number of nitrogens with two attached hydrogens (primary N) is 1. The zero-order chi connectivity index (χ0) is 12.4. The van der Waals surface area contributed by atoms with Gasteiger partial charge in [-0.2, -0.15) is 0 Å². The van der Waals surface area contributed by atoms with Crippen LogP contribution in [-0.4, -0.2) is 29.9 Å². The predicted molar refractivity (Wildman–Crippen MR) is 76.8 cm³/mol. The highest BCUT2D eigenvalue weighted by molar-refractivity contribution is 14.1. The molecule has 2 atom stereocenters. The van der Waals surface area contributed by atoms with Crippen LogP contribution in [-0.2, 0) is 0 Å². The van der Waals surface area contributed by atoms with Crippen molar-refractivity contribution >= 4 is 28.5 Å². The Morgan fingerprint density at radius 2 is 2.29 bits per heavy atom. The van der Waals surface area contributed by atoms with Crippen molar-refractivity contribution in [3.05, 3.63) is 33.4 Å². The van der Waals surface area contributed by atoms with Gasteiger partial charge in [0.1, 0.15) is 0 Å². The van der Waals surface area contributed by atoms with Crippen molar-refractivity contribution in [1.29, 1.82) is 0 Å². The van der Waals surface area contributed by atoms with Crippen LogP contribution in [0.1, 0.15) is 23.7 Å². The van der Waals surface area contributed by atoms with Gasteiger partial charge in [-0.05, 0) is 53.1 Å². The zero-order valence-electron chi connectivity index (χ0n) is 9.90. The van der Waals surface area contributed by atoms with Crippen molar-refractivity contribution < 1.29 is 4.79 Å². The third-order valence-corrected chi connectivity index (χ3v) is 4.05. The molecule has 0 spiro atoms. The maximum absolute atomic E-state index is 12.3. The topological polar surface area (TPSA) is 46.3 Å². The second kappa shape index (κ2) is 5.35. The standard InChI is InChI=1S/C13H17IN2O/c1-9-5-6-16(8-12(9)15)13(17)10-3-2-4-11(14)7-10/h2-4,7,9,12H,5-6,8,15H2,1H3. The molecule has 92 valence electrons. The first-order valence-electron chi connectivity index (χ1n) is 5.88. The Morgan fingerprint density at radius 1 is 1.53 bits per heavy atom. The molecule has 3 nitrogen and oxygen atoms in total. The lowest BCUT2D eigenvalue weighted by atomic mass is 9.94. The van der Waals surface area contributed by atoms with E-state index in [1.54, 1.807) is 0 Å². The second-order valence-electron chi connectivity index (χ2n) is 4.69. The van der Waals surface area contributed by atoms with Gasteiger partial charge in [-0.25, -0.2) is 0 Å². The van der Waals surface area contributed by atoms with E-state index in [1.807, 2.05) is 29.2 Å². The molecule has 1 heterocycles. The molecule has 4 heteroatoms. The molecule has 1 amide bonds. The molecule has 1 fully saturated rings. The largest absolute Gasteiger partial charge is 0.337 e. The fourth-order valence-corrected chi connectivity index (χ4v) is 2.63. The van der Waals surface area contributed by atoms with Crippen molar-refractivity contribution in [1.82, 2.24) is 4.90 Å². The third kappa shape index (κ3) is 2.98. The highest BCUT2D eigenvalue weighted by Gasteiger charge is 2.26. The molecule has 0 radical (unpaired) electrons. The average Bonchev–Trinajstić information content (AvgIpc) is 2.32. The number of piperidine rings is 1. The van der Waals surface area contributed by atoms with E-state index in [4.69, 9.17) is 5.73 Å². The van der Waals surface area contributed by atoms with Crippen LogP contribution in [0.25, 0.3) is 0 Å². The minimum Gasteiger partial charge on any atom is -0.337 e. The summed E-state index contributed by atoms with van der Waals surface area (Å²) < 4.78 is 1.09. The Balaban J connectivity index is 2.10. The minimum atomic E-state index is 0.103. The molecule has 0 aliphatic carbocycles. The molecular formula is C13H17IN2O. The molecule has 1 aliphatic heterocycles. The molecule has 0 aromatic heterocycles. The Kier molecular flexibility index (Phi) is 4.04. The Hall–Kier alpha value is -0.620. The number of likely N-dealkylation sites (tertiary alicyclic amines) is 1. The smallest absolute Gasteiger partial charge is 0.253 e. The molecule has 1 saturated heterocycles. The predicted octanol–water partition coefficient (Wildman–Crippen LogP) is 2.10. The molecule has 1 aromatic rings. The monoisotopic (exact) mass is 344 g/mol. The molecule has 0 saturated carbocycles. The van der Waals surface area contributed by atoms with E-state index in [-0.39, 0.29) is 11.9 Å². The summed E-state index contributed by atoms with van der Waals surface area (Å²) in [5.74, 6) is 0.612. The van der Waals surface area contributed by atoms with Gasteiger partial charge in [-0.3, -0.25) is 4.79 Å². The summed E-state index contributed by atoms with van der Waals surface area (Å²) >= 11 is 2.22. The lowest BCUT2D eigenvalue weighted by Crippen LogP contribution is -2.49. The van der Waals surface area contributed by atoms with E-state index in [0.717, 1.165) is 22.1 Å². The average molecular weight is 344 g/mol. The number of hydrogen-bond acceptors (Lipinski definition) is 2. The summed E-state index contributed by atoms with van der Waals surface area (Å²) in [4.78, 5) is 14.1. The van der Waals surface area contributed by atoms with E-state index in [9.17, 15) is 4.79 Å². The number of carbonyl (C=O) groups is 1. The number of benzene rings is 1. The number of amides is 1. The van der Waals surface area contributed by atoms with Crippen LogP contribution in [0.4, 0.5) is 0 Å². The van der Waals surface area contributed by atoms with E-state index in [2.05, 4.69) is 29.5 Å². The molecule has 2 unspecified atom stereocenters. The Morgan fingerprint density at radius 3 is 2.94 bits per heavy atom. The number of halogens is 1. The minimum absolute atomic E-state index is 0.103. The van der Waals surface area contributed by atoms with Crippen LogP contribution in [0.3, 0.4) is 0 Å². The van der Waals surface area contributed by atoms with Crippen molar-refractivity contribution in [2.45, 2.75) is 19.4 Å². The molecular weight excluding hydrogens is 327 g/mol. The first kappa shape index (κ1) is 12.8. The number of rotatable bonds is 1. The van der Waals surface area contributed by atoms with Crippen molar-refractivity contribution in [2.24, 2.45) is 11.7 Å². The lowest BCUT2D eigenvalue weighted by Gasteiger charge is -2.35.